The average molecular weight is 399 g/mol. The molecule has 2 bridgehead atoms. The van der Waals surface area contributed by atoms with Crippen LogP contribution in [0.2, 0.25) is 0 Å². The third-order valence-electron chi connectivity index (χ3n) is 6.58. The van der Waals surface area contributed by atoms with Gasteiger partial charge < -0.3 is 9.73 Å². The van der Waals surface area contributed by atoms with Gasteiger partial charge in [-0.05, 0) is 49.8 Å². The van der Waals surface area contributed by atoms with Crippen molar-refractivity contribution in [2.24, 2.45) is 11.8 Å². The molecule has 28 heavy (non-hydrogen) atoms. The number of furan rings is 1. The highest BCUT2D eigenvalue weighted by Gasteiger charge is 2.47. The van der Waals surface area contributed by atoms with E-state index < -0.39 is 11.9 Å². The molecule has 0 radical (unpaired) electrons. The average Bonchev–Trinajstić information content (AvgIpc) is 3.10. The fraction of sp³-hybridized carbons (Fsp3) is 0.750. The zero-order chi connectivity index (χ0) is 19.9. The Morgan fingerprint density at radius 3 is 2.75 bits per heavy atom. The topological polar surface area (TPSA) is 48.7 Å². The van der Waals surface area contributed by atoms with Crippen LogP contribution in [0.3, 0.4) is 0 Å². The fourth-order valence-electron chi connectivity index (χ4n) is 5.50. The van der Waals surface area contributed by atoms with Crippen LogP contribution in [-0.4, -0.2) is 54.0 Å². The van der Waals surface area contributed by atoms with Gasteiger partial charge in [-0.3, -0.25) is 14.6 Å². The van der Waals surface area contributed by atoms with Crippen molar-refractivity contribution in [2.75, 3.05) is 26.2 Å². The molecular formula is C20H28F3N3O2. The SMILES string of the molecule is CC(=O)NC[C@H]1[C@H]2C[C@H](CN(Cc3ccc(C(F)(F)F)o3)C2)[C@@H]2CCCCN21. The molecule has 1 amide bonds. The highest BCUT2D eigenvalue weighted by atomic mass is 19.4. The van der Waals surface area contributed by atoms with E-state index in [1.165, 1.54) is 25.3 Å². The maximum atomic E-state index is 12.8. The van der Waals surface area contributed by atoms with Gasteiger partial charge in [0.15, 0.2) is 0 Å². The Kier molecular flexibility index (Phi) is 5.44. The van der Waals surface area contributed by atoms with Crippen LogP contribution in [0.5, 0.6) is 0 Å². The van der Waals surface area contributed by atoms with Crippen molar-refractivity contribution in [3.63, 3.8) is 0 Å². The van der Waals surface area contributed by atoms with E-state index in [0.29, 0.717) is 42.8 Å². The van der Waals surface area contributed by atoms with E-state index in [1.807, 2.05) is 0 Å². The van der Waals surface area contributed by atoms with Crippen LogP contribution in [0.4, 0.5) is 13.2 Å². The number of alkyl halides is 3. The number of fused-ring (bicyclic) bond motifs is 4. The van der Waals surface area contributed by atoms with Crippen LogP contribution in [0, 0.1) is 11.8 Å². The minimum absolute atomic E-state index is 0.0152. The lowest BCUT2D eigenvalue weighted by atomic mass is 9.72. The van der Waals surface area contributed by atoms with Crippen LogP contribution in [-0.2, 0) is 17.5 Å². The second-order valence-corrected chi connectivity index (χ2v) is 8.52. The Bertz CT molecular complexity index is 705. The number of nitrogens with one attached hydrogen (secondary N) is 1. The molecule has 0 aromatic carbocycles. The van der Waals surface area contributed by atoms with E-state index >= 15 is 0 Å². The van der Waals surface area contributed by atoms with Gasteiger partial charge in [0.1, 0.15) is 5.76 Å². The molecule has 4 atom stereocenters. The van der Waals surface area contributed by atoms with Crippen molar-refractivity contribution in [1.29, 1.82) is 0 Å². The maximum absolute atomic E-state index is 12.8. The number of nitrogens with zero attached hydrogens (tertiary/aromatic N) is 2. The van der Waals surface area contributed by atoms with Crippen molar-refractivity contribution in [3.8, 4) is 0 Å². The normalized spacial score (nSPS) is 31.4. The second kappa shape index (κ2) is 7.71. The molecule has 156 valence electrons. The summed E-state index contributed by atoms with van der Waals surface area (Å²) in [7, 11) is 0. The highest BCUT2D eigenvalue weighted by molar-refractivity contribution is 5.72. The molecule has 3 aliphatic heterocycles. The summed E-state index contributed by atoms with van der Waals surface area (Å²) in [5.74, 6) is 0.369. The summed E-state index contributed by atoms with van der Waals surface area (Å²) >= 11 is 0. The van der Waals surface area contributed by atoms with Crippen LogP contribution in [0.15, 0.2) is 16.5 Å². The standard InChI is InChI=1S/C20H28F3N3O2/c1-13(27)24-9-18-15-8-14(17-4-2-3-7-26(17)18)10-25(11-15)12-16-5-6-19(28-16)20(21,22)23/h5-6,14-15,17-18H,2-4,7-12H2,1H3,(H,24,27)/t14-,15+,17+,18+/m1/s1. The molecule has 1 N–H and O–H groups in total. The van der Waals surface area contributed by atoms with E-state index in [1.54, 1.807) is 6.92 Å². The lowest BCUT2D eigenvalue weighted by Gasteiger charge is -2.56. The number of hydrogen-bond donors (Lipinski definition) is 1. The van der Waals surface area contributed by atoms with Crippen molar-refractivity contribution in [2.45, 2.75) is 57.4 Å². The molecule has 5 nitrogen and oxygen atoms in total. The summed E-state index contributed by atoms with van der Waals surface area (Å²) in [6.45, 7) is 5.40. The van der Waals surface area contributed by atoms with Gasteiger partial charge in [-0.15, -0.1) is 0 Å². The predicted octanol–water partition coefficient (Wildman–Crippen LogP) is 3.11. The monoisotopic (exact) mass is 399 g/mol. The Morgan fingerprint density at radius 2 is 2.04 bits per heavy atom. The van der Waals surface area contributed by atoms with Crippen LogP contribution in [0.25, 0.3) is 0 Å². The summed E-state index contributed by atoms with van der Waals surface area (Å²) < 4.78 is 43.5. The number of carbonyl (C=O) groups is 1. The number of carbonyl (C=O) groups excluding carboxylic acids is 1. The summed E-state index contributed by atoms with van der Waals surface area (Å²) in [6, 6.07) is 3.27. The minimum atomic E-state index is -4.44. The largest absolute Gasteiger partial charge is 0.455 e. The summed E-state index contributed by atoms with van der Waals surface area (Å²) in [6.07, 6.45) is 0.280. The Hall–Kier alpha value is -1.54. The van der Waals surface area contributed by atoms with Crippen LogP contribution < -0.4 is 5.32 Å². The highest BCUT2D eigenvalue weighted by Crippen LogP contribution is 2.41. The predicted molar refractivity (Wildman–Crippen MR) is 97.4 cm³/mol. The third-order valence-corrected chi connectivity index (χ3v) is 6.58. The number of halogens is 3. The fourth-order valence-corrected chi connectivity index (χ4v) is 5.50. The Balaban J connectivity index is 1.48. The molecule has 4 rings (SSSR count). The molecular weight excluding hydrogens is 371 g/mol. The third kappa shape index (κ3) is 4.08. The summed E-state index contributed by atoms with van der Waals surface area (Å²) in [5, 5.41) is 2.99. The molecule has 4 heterocycles. The summed E-state index contributed by atoms with van der Waals surface area (Å²) in [4.78, 5) is 16.3. The first-order chi connectivity index (χ1) is 13.3. The van der Waals surface area contributed by atoms with Gasteiger partial charge in [-0.2, -0.15) is 13.2 Å². The number of likely N-dealkylation sites (tertiary alicyclic amines) is 1. The quantitative estimate of drug-likeness (QED) is 0.845. The van der Waals surface area contributed by atoms with E-state index in [9.17, 15) is 18.0 Å². The van der Waals surface area contributed by atoms with Gasteiger partial charge in [-0.25, -0.2) is 0 Å². The molecule has 3 fully saturated rings. The van der Waals surface area contributed by atoms with Crippen molar-refractivity contribution >= 4 is 5.91 Å². The lowest BCUT2D eigenvalue weighted by molar-refractivity contribution is -0.153. The molecule has 1 aromatic heterocycles. The molecule has 0 spiro atoms. The number of piperidine rings is 3. The summed E-state index contributed by atoms with van der Waals surface area (Å²) in [5.41, 5.74) is 0. The molecule has 1 aromatic rings. The van der Waals surface area contributed by atoms with Crippen molar-refractivity contribution < 1.29 is 22.4 Å². The maximum Gasteiger partial charge on any atom is 0.449 e. The molecule has 0 aliphatic carbocycles. The second-order valence-electron chi connectivity index (χ2n) is 8.52. The molecule has 3 aliphatic rings. The van der Waals surface area contributed by atoms with Gasteiger partial charge in [-0.1, -0.05) is 6.42 Å². The van der Waals surface area contributed by atoms with E-state index in [2.05, 4.69) is 15.1 Å². The van der Waals surface area contributed by atoms with Gasteiger partial charge in [0, 0.05) is 38.6 Å². The van der Waals surface area contributed by atoms with Crippen LogP contribution in [0.1, 0.15) is 44.1 Å². The number of rotatable bonds is 4. The van der Waals surface area contributed by atoms with Gasteiger partial charge >= 0.3 is 6.18 Å². The smallest absolute Gasteiger partial charge is 0.449 e. The van der Waals surface area contributed by atoms with E-state index in [0.717, 1.165) is 32.1 Å². The van der Waals surface area contributed by atoms with E-state index in [-0.39, 0.29) is 5.91 Å². The van der Waals surface area contributed by atoms with Crippen LogP contribution >= 0.6 is 0 Å². The van der Waals surface area contributed by atoms with Gasteiger partial charge in [0.25, 0.3) is 0 Å². The van der Waals surface area contributed by atoms with Gasteiger partial charge in [0.05, 0.1) is 6.54 Å². The zero-order valence-corrected chi connectivity index (χ0v) is 16.2. The first kappa shape index (κ1) is 19.8. The first-order valence-electron chi connectivity index (χ1n) is 10.2. The van der Waals surface area contributed by atoms with E-state index in [4.69, 9.17) is 4.42 Å². The minimum Gasteiger partial charge on any atom is -0.455 e. The molecule has 3 saturated heterocycles. The zero-order valence-electron chi connectivity index (χ0n) is 16.2. The lowest BCUT2D eigenvalue weighted by Crippen LogP contribution is -2.65. The Labute approximate surface area is 163 Å². The molecule has 0 saturated carbocycles. The van der Waals surface area contributed by atoms with Crippen molar-refractivity contribution in [3.05, 3.63) is 23.7 Å². The van der Waals surface area contributed by atoms with Crippen molar-refractivity contribution in [1.82, 2.24) is 15.1 Å². The number of hydrogen-bond acceptors (Lipinski definition) is 4. The Morgan fingerprint density at radius 1 is 1.25 bits per heavy atom. The van der Waals surface area contributed by atoms with Gasteiger partial charge in [0.2, 0.25) is 11.7 Å². The molecule has 8 heteroatoms. The molecule has 0 unspecified atom stereocenters. The first-order valence-corrected chi connectivity index (χ1v) is 10.2. The number of amides is 1.